The number of carbonyl (C=O) groups is 3. The van der Waals surface area contributed by atoms with Gasteiger partial charge in [-0.3, -0.25) is 19.3 Å². The molecule has 1 unspecified atom stereocenters. The highest BCUT2D eigenvalue weighted by molar-refractivity contribution is 6.32. The minimum Gasteiger partial charge on any atom is -0.871 e. The normalized spacial score (nSPS) is 17.8. The molecular formula is C31H32Cl2N5O5-. The minimum absolute atomic E-state index is 0.0493. The Morgan fingerprint density at radius 1 is 0.930 bits per heavy atom. The fourth-order valence-corrected chi connectivity index (χ4v) is 5.65. The van der Waals surface area contributed by atoms with E-state index in [1.165, 1.54) is 18.3 Å². The SMILES string of the molecule is O=C(Nc1c([O-])cc(Cl)cc1C(=O)Nc1ccc(Cl)cn1)c1ccc(C2CCCN(CCN3CCCOCC3)C2=O)cc1. The molecule has 0 saturated carbocycles. The summed E-state index contributed by atoms with van der Waals surface area (Å²) in [5.74, 6) is -1.85. The highest BCUT2D eigenvalue weighted by atomic mass is 35.5. The molecule has 3 heterocycles. The maximum absolute atomic E-state index is 13.3. The van der Waals surface area contributed by atoms with Crippen LogP contribution in [0.3, 0.4) is 0 Å². The van der Waals surface area contributed by atoms with Gasteiger partial charge in [0.05, 0.1) is 23.1 Å². The number of piperidine rings is 1. The van der Waals surface area contributed by atoms with Gasteiger partial charge >= 0.3 is 0 Å². The summed E-state index contributed by atoms with van der Waals surface area (Å²) in [6.45, 7) is 5.60. The molecule has 3 amide bonds. The molecule has 1 aromatic heterocycles. The Hall–Kier alpha value is -3.70. The summed E-state index contributed by atoms with van der Waals surface area (Å²) in [6.07, 6.45) is 4.01. The van der Waals surface area contributed by atoms with Gasteiger partial charge in [-0.15, -0.1) is 0 Å². The number of ether oxygens (including phenoxy) is 1. The molecule has 3 aromatic rings. The van der Waals surface area contributed by atoms with E-state index in [-0.39, 0.29) is 39.5 Å². The minimum atomic E-state index is -0.676. The second-order valence-electron chi connectivity index (χ2n) is 10.5. The van der Waals surface area contributed by atoms with Gasteiger partial charge in [-0.2, -0.15) is 0 Å². The zero-order valence-electron chi connectivity index (χ0n) is 23.5. The number of nitrogens with one attached hydrogen (secondary N) is 2. The molecule has 0 bridgehead atoms. The molecule has 2 saturated heterocycles. The van der Waals surface area contributed by atoms with Crippen LogP contribution >= 0.6 is 23.2 Å². The van der Waals surface area contributed by atoms with Crippen LogP contribution in [0.1, 0.15) is 51.5 Å². The molecule has 2 aliphatic heterocycles. The van der Waals surface area contributed by atoms with E-state index in [2.05, 4.69) is 20.5 Å². The van der Waals surface area contributed by atoms with Gasteiger partial charge in [-0.1, -0.05) is 41.1 Å². The first-order valence-electron chi connectivity index (χ1n) is 14.2. The number of pyridine rings is 1. The molecule has 2 aliphatic rings. The standard InChI is InChI=1S/C31H33Cl2N5O5/c32-22-8-9-27(34-19-22)35-30(41)25-17-23(33)18-26(39)28(25)36-29(40)21-6-4-20(5-7-21)24-3-1-11-38(31(24)42)13-12-37-10-2-15-43-16-14-37/h4-9,17-19,24,39H,1-3,10-16H2,(H,36,40)(H,34,35,41)/p-1. The van der Waals surface area contributed by atoms with E-state index in [0.29, 0.717) is 11.6 Å². The fourth-order valence-electron chi connectivity index (χ4n) is 5.33. The zero-order valence-corrected chi connectivity index (χ0v) is 25.0. The van der Waals surface area contributed by atoms with Gasteiger partial charge in [-0.05, 0) is 61.2 Å². The third-order valence-electron chi connectivity index (χ3n) is 7.63. The number of nitrogens with zero attached hydrogens (tertiary/aromatic N) is 3. The topological polar surface area (TPSA) is 127 Å². The number of hydrogen-bond donors (Lipinski definition) is 2. The fraction of sp³-hybridized carbons (Fsp3) is 0.355. The first-order valence-corrected chi connectivity index (χ1v) is 15.0. The zero-order chi connectivity index (χ0) is 30.3. The molecule has 12 heteroatoms. The summed E-state index contributed by atoms with van der Waals surface area (Å²) in [5.41, 5.74) is 0.784. The van der Waals surface area contributed by atoms with E-state index in [0.717, 1.165) is 70.3 Å². The summed E-state index contributed by atoms with van der Waals surface area (Å²) in [7, 11) is 0. The van der Waals surface area contributed by atoms with Crippen LogP contribution in [0.4, 0.5) is 11.5 Å². The Bertz CT molecular complexity index is 1460. The largest absolute Gasteiger partial charge is 0.871 e. The summed E-state index contributed by atoms with van der Waals surface area (Å²) in [4.78, 5) is 47.8. The lowest BCUT2D eigenvalue weighted by atomic mass is 9.89. The van der Waals surface area contributed by atoms with Crippen molar-refractivity contribution in [3.63, 3.8) is 0 Å². The third kappa shape index (κ3) is 7.83. The maximum atomic E-state index is 13.3. The van der Waals surface area contributed by atoms with E-state index in [9.17, 15) is 19.5 Å². The number of rotatable bonds is 8. The van der Waals surface area contributed by atoms with Gasteiger partial charge in [-0.25, -0.2) is 4.98 Å². The van der Waals surface area contributed by atoms with Crippen LogP contribution in [0, 0.1) is 0 Å². The van der Waals surface area contributed by atoms with Crippen LogP contribution in [-0.2, 0) is 9.53 Å². The van der Waals surface area contributed by atoms with Crippen molar-refractivity contribution in [2.45, 2.75) is 25.2 Å². The molecule has 0 radical (unpaired) electrons. The van der Waals surface area contributed by atoms with E-state index in [1.54, 1.807) is 30.3 Å². The van der Waals surface area contributed by atoms with Gasteiger partial charge in [0.2, 0.25) is 5.91 Å². The Morgan fingerprint density at radius 3 is 2.51 bits per heavy atom. The summed E-state index contributed by atoms with van der Waals surface area (Å²) in [6, 6.07) is 12.3. The lowest BCUT2D eigenvalue weighted by Gasteiger charge is -2.34. The van der Waals surface area contributed by atoms with E-state index >= 15 is 0 Å². The maximum Gasteiger partial charge on any atom is 0.258 e. The average molecular weight is 626 g/mol. The molecule has 43 heavy (non-hydrogen) atoms. The van der Waals surface area contributed by atoms with E-state index in [1.807, 2.05) is 4.90 Å². The Labute approximate surface area is 259 Å². The molecule has 2 fully saturated rings. The number of aromatic nitrogens is 1. The Kier molecular flexibility index (Phi) is 10.1. The second kappa shape index (κ2) is 14.2. The first-order chi connectivity index (χ1) is 20.8. The number of hydrogen-bond acceptors (Lipinski definition) is 7. The van der Waals surface area contributed by atoms with Crippen molar-refractivity contribution >= 4 is 52.4 Å². The Balaban J connectivity index is 1.25. The molecule has 1 atom stereocenters. The molecule has 0 spiro atoms. The summed E-state index contributed by atoms with van der Waals surface area (Å²) >= 11 is 11.9. The number of likely N-dealkylation sites (tertiary alicyclic amines) is 1. The van der Waals surface area contributed by atoms with Gasteiger partial charge in [0.1, 0.15) is 5.82 Å². The van der Waals surface area contributed by atoms with E-state index < -0.39 is 17.6 Å². The summed E-state index contributed by atoms with van der Waals surface area (Å²) < 4.78 is 5.53. The van der Waals surface area contributed by atoms with Crippen molar-refractivity contribution in [2.75, 3.05) is 56.6 Å². The van der Waals surface area contributed by atoms with Crippen molar-refractivity contribution in [2.24, 2.45) is 0 Å². The predicted octanol–water partition coefficient (Wildman–Crippen LogP) is 4.39. The average Bonchev–Trinajstić information content (AvgIpc) is 3.28. The van der Waals surface area contributed by atoms with Crippen LogP contribution < -0.4 is 15.7 Å². The monoisotopic (exact) mass is 624 g/mol. The van der Waals surface area contributed by atoms with Crippen LogP contribution in [0.2, 0.25) is 10.0 Å². The van der Waals surface area contributed by atoms with Crippen molar-refractivity contribution in [3.8, 4) is 5.75 Å². The van der Waals surface area contributed by atoms with Crippen molar-refractivity contribution in [1.29, 1.82) is 0 Å². The van der Waals surface area contributed by atoms with E-state index in [4.69, 9.17) is 27.9 Å². The smallest absolute Gasteiger partial charge is 0.258 e. The lowest BCUT2D eigenvalue weighted by Crippen LogP contribution is -2.44. The number of carbonyl (C=O) groups excluding carboxylic acids is 3. The second-order valence-corrected chi connectivity index (χ2v) is 11.4. The van der Waals surface area contributed by atoms with Crippen LogP contribution in [0.15, 0.2) is 54.7 Å². The lowest BCUT2D eigenvalue weighted by molar-refractivity contribution is -0.267. The highest BCUT2D eigenvalue weighted by Crippen LogP contribution is 2.32. The first kappa shape index (κ1) is 30.7. The van der Waals surface area contributed by atoms with Crippen LogP contribution in [0.25, 0.3) is 0 Å². The van der Waals surface area contributed by atoms with Gasteiger partial charge in [0, 0.05) is 61.8 Å². The van der Waals surface area contributed by atoms with Crippen molar-refractivity contribution in [3.05, 3.63) is 81.5 Å². The van der Waals surface area contributed by atoms with Crippen LogP contribution in [-0.4, -0.2) is 78.4 Å². The number of halogens is 2. The number of anilines is 2. The summed E-state index contributed by atoms with van der Waals surface area (Å²) in [5, 5.41) is 18.3. The van der Waals surface area contributed by atoms with Gasteiger partial charge < -0.3 is 25.4 Å². The predicted molar refractivity (Wildman–Crippen MR) is 163 cm³/mol. The van der Waals surface area contributed by atoms with Gasteiger partial charge in [0.15, 0.2) is 0 Å². The molecule has 10 nitrogen and oxygen atoms in total. The molecule has 0 aliphatic carbocycles. The number of benzene rings is 2. The molecule has 226 valence electrons. The Morgan fingerprint density at radius 2 is 1.74 bits per heavy atom. The van der Waals surface area contributed by atoms with Crippen LogP contribution in [0.5, 0.6) is 5.75 Å². The quantitative estimate of drug-likeness (QED) is 0.380. The molecular weight excluding hydrogens is 593 g/mol. The molecule has 2 N–H and O–H groups in total. The molecule has 5 rings (SSSR count). The van der Waals surface area contributed by atoms with Gasteiger partial charge in [0.25, 0.3) is 11.8 Å². The van der Waals surface area contributed by atoms with Crippen molar-refractivity contribution < 1.29 is 24.2 Å². The highest BCUT2D eigenvalue weighted by Gasteiger charge is 2.30. The third-order valence-corrected chi connectivity index (χ3v) is 8.07. The molecule has 2 aromatic carbocycles. The number of amides is 3. The van der Waals surface area contributed by atoms with Crippen molar-refractivity contribution in [1.82, 2.24) is 14.8 Å².